The Kier molecular flexibility index (Phi) is 13.9. The second-order valence-electron chi connectivity index (χ2n) is 16.8. The van der Waals surface area contributed by atoms with Gasteiger partial charge in [-0.3, -0.25) is 14.5 Å². The molecule has 358 valence electrons. The van der Waals surface area contributed by atoms with Gasteiger partial charge in [0.15, 0.2) is 17.3 Å². The maximum Gasteiger partial charge on any atom is 0.262 e. The molecule has 1 aliphatic rings. The number of aromatic nitrogens is 9. The fourth-order valence-electron chi connectivity index (χ4n) is 8.45. The van der Waals surface area contributed by atoms with Crippen molar-refractivity contribution in [3.8, 4) is 5.82 Å². The number of nitrogens with one attached hydrogen (secondary N) is 3. The number of imidazole rings is 1. The summed E-state index contributed by atoms with van der Waals surface area (Å²) in [6.45, 7) is 9.69. The number of anilines is 2. The first kappa shape index (κ1) is 48.7. The Morgan fingerprint density at radius 1 is 0.648 bits per heavy atom. The molecule has 3 unspecified atom stereocenters. The molecule has 6 aromatic heterocycles. The summed E-state index contributed by atoms with van der Waals surface area (Å²) in [6, 6.07) is 30.7. The van der Waals surface area contributed by atoms with Gasteiger partial charge in [-0.25, -0.2) is 40.4 Å². The summed E-state index contributed by atoms with van der Waals surface area (Å²) in [6.07, 6.45) is 3.11. The smallest absolute Gasteiger partial charge is 0.262 e. The highest BCUT2D eigenvalue weighted by molar-refractivity contribution is 6.36. The number of carbonyl (C=O) groups excluding carboxylic acids is 2. The van der Waals surface area contributed by atoms with Crippen molar-refractivity contribution in [1.82, 2.24) is 49.6 Å². The molecular formula is C51H44Cl4N14O2. The van der Waals surface area contributed by atoms with E-state index in [0.29, 0.717) is 54.6 Å². The fourth-order valence-corrected chi connectivity index (χ4v) is 9.42. The normalized spacial score (nSPS) is 13.4. The molecule has 11 rings (SSSR count). The van der Waals surface area contributed by atoms with E-state index in [0.717, 1.165) is 61.0 Å². The standard InChI is InChI=1S/C21H19ClN8.C19H12Cl2N2O2.C11H13ClN4/c1-11-7-12(2)30(29-11)21-15(8-14-5-4-6-16(22)17(14)28-21)13(3)27-20-18-19(24-9-23-18)25-10-26-20;1-10(23-18(24)12-6-2-3-7-13(12)19(23)25)14-9-11-5-4-8-15(20)16(11)22-17(14)21;1-6(13)8-5-7-3-2-4-9(12)10(7)15-11(8)16-14/h4-10,13H,1-3H3,(H2,23,24,25,26,27);2-10H,1H3;2-6H,13-14H2,1H3,(H,15,16). The number of rotatable bonds is 8. The van der Waals surface area contributed by atoms with Crippen LogP contribution in [-0.4, -0.2) is 61.4 Å². The minimum absolute atomic E-state index is 0.124. The van der Waals surface area contributed by atoms with Crippen LogP contribution in [0.2, 0.25) is 20.2 Å². The van der Waals surface area contributed by atoms with Crippen molar-refractivity contribution >= 4 is 114 Å². The van der Waals surface area contributed by atoms with Gasteiger partial charge in [-0.05, 0) is 89.2 Å². The lowest BCUT2D eigenvalue weighted by atomic mass is 10.1. The molecule has 10 aromatic rings. The molecular weight excluding hydrogens is 982 g/mol. The van der Waals surface area contributed by atoms with Crippen LogP contribution < -0.4 is 22.3 Å². The third-order valence-corrected chi connectivity index (χ3v) is 13.2. The molecule has 3 atom stereocenters. The van der Waals surface area contributed by atoms with Crippen molar-refractivity contribution in [3.63, 3.8) is 0 Å². The van der Waals surface area contributed by atoms with E-state index in [1.165, 1.54) is 11.2 Å². The molecule has 0 saturated heterocycles. The molecule has 7 N–H and O–H groups in total. The third kappa shape index (κ3) is 9.53. The molecule has 16 nitrogen and oxygen atoms in total. The number of H-pyrrole nitrogens is 1. The Labute approximate surface area is 426 Å². The third-order valence-electron chi connectivity index (χ3n) is 12.0. The van der Waals surface area contributed by atoms with Gasteiger partial charge in [0.2, 0.25) is 0 Å². The maximum absolute atomic E-state index is 12.7. The summed E-state index contributed by atoms with van der Waals surface area (Å²) in [5.41, 5.74) is 17.0. The Bertz CT molecular complexity index is 3660. The summed E-state index contributed by atoms with van der Waals surface area (Å²) in [7, 11) is 0. The Morgan fingerprint density at radius 2 is 1.21 bits per heavy atom. The number of aromatic amines is 1. The van der Waals surface area contributed by atoms with Gasteiger partial charge in [-0.2, -0.15) is 5.10 Å². The highest BCUT2D eigenvalue weighted by Gasteiger charge is 2.39. The van der Waals surface area contributed by atoms with Crippen LogP contribution in [0.1, 0.15) is 87.7 Å². The van der Waals surface area contributed by atoms with Crippen LogP contribution >= 0.6 is 46.4 Å². The number of pyridine rings is 3. The van der Waals surface area contributed by atoms with E-state index in [9.17, 15) is 9.59 Å². The monoisotopic (exact) mass is 1020 g/mol. The average molecular weight is 1030 g/mol. The Hall–Kier alpha value is -7.31. The molecule has 7 heterocycles. The number of nitrogens with zero attached hydrogens (tertiary/aromatic N) is 9. The zero-order valence-corrected chi connectivity index (χ0v) is 41.7. The Morgan fingerprint density at radius 3 is 1.77 bits per heavy atom. The molecule has 1 aliphatic heterocycles. The van der Waals surface area contributed by atoms with Crippen LogP contribution in [0.25, 0.3) is 49.7 Å². The first-order valence-corrected chi connectivity index (χ1v) is 23.7. The molecule has 0 saturated carbocycles. The zero-order chi connectivity index (χ0) is 50.2. The summed E-state index contributed by atoms with van der Waals surface area (Å²) < 4.78 is 1.86. The molecule has 0 aliphatic carbocycles. The molecule has 4 aromatic carbocycles. The van der Waals surface area contributed by atoms with Crippen LogP contribution in [0.4, 0.5) is 11.6 Å². The molecule has 2 amide bonds. The topological polar surface area (TPSA) is 224 Å². The summed E-state index contributed by atoms with van der Waals surface area (Å²) in [5, 5.41) is 12.8. The second-order valence-corrected chi connectivity index (χ2v) is 18.4. The predicted octanol–water partition coefficient (Wildman–Crippen LogP) is 11.6. The summed E-state index contributed by atoms with van der Waals surface area (Å²) in [5.74, 6) is 6.75. The summed E-state index contributed by atoms with van der Waals surface area (Å²) in [4.78, 5) is 56.1. The zero-order valence-electron chi connectivity index (χ0n) is 38.7. The molecule has 0 bridgehead atoms. The van der Waals surface area contributed by atoms with E-state index in [1.54, 1.807) is 49.6 Å². The van der Waals surface area contributed by atoms with E-state index < -0.39 is 6.04 Å². The van der Waals surface area contributed by atoms with Gasteiger partial charge in [-0.15, -0.1) is 0 Å². The molecule has 20 heteroatoms. The van der Waals surface area contributed by atoms with Gasteiger partial charge in [0, 0.05) is 44.6 Å². The van der Waals surface area contributed by atoms with Crippen molar-refractivity contribution in [1.29, 1.82) is 0 Å². The predicted molar refractivity (Wildman–Crippen MR) is 281 cm³/mol. The van der Waals surface area contributed by atoms with Crippen LogP contribution in [-0.2, 0) is 0 Å². The first-order valence-electron chi connectivity index (χ1n) is 22.2. The van der Waals surface area contributed by atoms with Crippen LogP contribution in [0, 0.1) is 13.8 Å². The molecule has 0 radical (unpaired) electrons. The number of hydrogen-bond donors (Lipinski definition) is 5. The van der Waals surface area contributed by atoms with Crippen LogP contribution in [0.3, 0.4) is 0 Å². The number of benzene rings is 4. The van der Waals surface area contributed by atoms with Crippen molar-refractivity contribution in [2.24, 2.45) is 11.6 Å². The van der Waals surface area contributed by atoms with Gasteiger partial charge in [0.1, 0.15) is 22.8 Å². The van der Waals surface area contributed by atoms with Crippen molar-refractivity contribution in [3.05, 3.63) is 175 Å². The maximum atomic E-state index is 12.7. The van der Waals surface area contributed by atoms with Crippen LogP contribution in [0.15, 0.2) is 116 Å². The first-order chi connectivity index (χ1) is 34.1. The van der Waals surface area contributed by atoms with E-state index in [4.69, 9.17) is 63.0 Å². The van der Waals surface area contributed by atoms with Gasteiger partial charge < -0.3 is 21.5 Å². The number of nitrogens with two attached hydrogens (primary N) is 2. The van der Waals surface area contributed by atoms with Crippen molar-refractivity contribution < 1.29 is 9.59 Å². The van der Waals surface area contributed by atoms with Crippen molar-refractivity contribution in [2.45, 2.75) is 52.7 Å². The van der Waals surface area contributed by atoms with E-state index >= 15 is 0 Å². The number of amides is 2. The van der Waals surface area contributed by atoms with Gasteiger partial charge in [0.05, 0.1) is 66.8 Å². The minimum Gasteiger partial charge on any atom is -0.362 e. The lowest BCUT2D eigenvalue weighted by molar-refractivity contribution is 0.0595. The Balaban J connectivity index is 0.000000138. The number of imide groups is 1. The lowest BCUT2D eigenvalue weighted by Crippen LogP contribution is -2.32. The summed E-state index contributed by atoms with van der Waals surface area (Å²) >= 11 is 25.0. The molecule has 71 heavy (non-hydrogen) atoms. The number of hydrazine groups is 1. The number of halogens is 4. The fraction of sp³-hybridized carbons (Fsp3) is 0.157. The number of aryl methyl sites for hydroxylation is 2. The van der Waals surface area contributed by atoms with E-state index in [1.807, 2.05) is 86.1 Å². The minimum atomic E-state index is -0.546. The number of hydrogen-bond acceptors (Lipinski definition) is 13. The van der Waals surface area contributed by atoms with Crippen molar-refractivity contribution in [2.75, 3.05) is 10.7 Å². The van der Waals surface area contributed by atoms with Gasteiger partial charge >= 0.3 is 0 Å². The SMILES string of the molecule is CC(N)c1cc2cccc(Cl)c2nc1NN.CC(c1cc2cccc(Cl)c2nc1Cl)N1C(=O)c2ccccc2C1=O.Cc1cc(C)n(-c2nc3c(Cl)cccc3cc2C(C)Nc2ncnc3nc[nH]c23)n1. The highest BCUT2D eigenvalue weighted by Crippen LogP contribution is 2.37. The number of carbonyl (C=O) groups is 2. The van der Waals surface area contributed by atoms with Gasteiger partial charge in [0.25, 0.3) is 11.8 Å². The molecule has 0 fully saturated rings. The van der Waals surface area contributed by atoms with E-state index in [-0.39, 0.29) is 29.1 Å². The average Bonchev–Trinajstić information content (AvgIpc) is 4.06. The van der Waals surface area contributed by atoms with Crippen LogP contribution in [0.5, 0.6) is 0 Å². The quantitative estimate of drug-likeness (QED) is 0.0414. The largest absolute Gasteiger partial charge is 0.362 e. The number of fused-ring (bicyclic) bond motifs is 5. The molecule has 0 spiro atoms. The lowest BCUT2D eigenvalue weighted by Gasteiger charge is -2.23. The highest BCUT2D eigenvalue weighted by atomic mass is 35.5. The van der Waals surface area contributed by atoms with Gasteiger partial charge in [-0.1, -0.05) is 94.9 Å². The van der Waals surface area contributed by atoms with E-state index in [2.05, 4.69) is 58.7 Å². The second kappa shape index (κ2) is 20.2. The number of nitrogen functional groups attached to an aromatic ring is 1. The number of para-hydroxylation sites is 3.